The van der Waals surface area contributed by atoms with Gasteiger partial charge in [-0.25, -0.2) is 9.36 Å². The molecule has 4 atom stereocenters. The third-order valence-electron chi connectivity index (χ3n) is 7.21. The molecule has 2 fully saturated rings. The van der Waals surface area contributed by atoms with Crippen LogP contribution >= 0.6 is 35.5 Å². The van der Waals surface area contributed by atoms with E-state index >= 15 is 0 Å². The van der Waals surface area contributed by atoms with Gasteiger partial charge in [0, 0.05) is 11.6 Å². The predicted octanol–water partition coefficient (Wildman–Crippen LogP) is 2.27. The van der Waals surface area contributed by atoms with Crippen molar-refractivity contribution in [2.45, 2.75) is 48.5 Å². The van der Waals surface area contributed by atoms with Crippen LogP contribution in [0.15, 0.2) is 63.3 Å². The number of thioether (sulfide) groups is 1. The molecule has 6 rings (SSSR count). The number of nitrogens with two attached hydrogens (primary N) is 1. The normalized spacial score (nSPS) is 22.0. The number of aliphatic hydroxyl groups is 1. The van der Waals surface area contributed by atoms with Gasteiger partial charge in [-0.05, 0) is 57.8 Å². The van der Waals surface area contributed by atoms with Gasteiger partial charge in [0.25, 0.3) is 0 Å². The van der Waals surface area contributed by atoms with E-state index in [1.54, 1.807) is 4.57 Å². The molecular weight excluding hydrogens is 683 g/mol. The Hall–Kier alpha value is -3.15. The van der Waals surface area contributed by atoms with Gasteiger partial charge in [-0.1, -0.05) is 42.1 Å². The van der Waals surface area contributed by atoms with Crippen LogP contribution in [0.3, 0.4) is 0 Å². The number of aliphatic hydroxyl groups excluding tert-OH is 1. The van der Waals surface area contributed by atoms with Crippen molar-refractivity contribution in [3.63, 3.8) is 0 Å². The molecule has 3 heterocycles. The molecule has 4 aromatic rings. The van der Waals surface area contributed by atoms with Crippen molar-refractivity contribution in [1.82, 2.24) is 24.3 Å². The fourth-order valence-corrected chi connectivity index (χ4v) is 7.01. The van der Waals surface area contributed by atoms with E-state index in [0.29, 0.717) is 15.8 Å². The molecule has 2 aliphatic rings. The van der Waals surface area contributed by atoms with Crippen molar-refractivity contribution in [3.8, 4) is 5.69 Å². The van der Waals surface area contributed by atoms with E-state index in [9.17, 15) is 29.0 Å². The minimum absolute atomic E-state index is 0.0731. The Balaban J connectivity index is 1.15. The molecule has 1 aliphatic heterocycles. The number of rotatable bonds is 10. The van der Waals surface area contributed by atoms with E-state index in [1.807, 2.05) is 24.3 Å². The molecular formula is C26H26BrN6O9PS. The standard InChI is InChI=1S/C26H26BrN6O9PS/c27-24-30-31-26(33(24)17-8-7-14(13-5-6-13)15-3-1-2-4-16(15)17)44-12-20(34)40-11-18-22(42-43(37,38)39)21(35)23(41-18)32-10-9-19(28)29-25(32)36/h1-4,7-10,13,18,21-23,35H,5-6,11-12H2,(H2,28,29,36)(H2,37,38,39). The number of nitrogen functional groups attached to an aromatic ring is 1. The van der Waals surface area contributed by atoms with Crippen molar-refractivity contribution in [3.05, 3.63) is 69.4 Å². The quantitative estimate of drug-likeness (QED) is 0.106. The lowest BCUT2D eigenvalue weighted by Crippen LogP contribution is -2.38. The highest BCUT2D eigenvalue weighted by molar-refractivity contribution is 9.10. The van der Waals surface area contributed by atoms with Gasteiger partial charge in [0.1, 0.15) is 30.7 Å². The predicted molar refractivity (Wildman–Crippen MR) is 160 cm³/mol. The minimum Gasteiger partial charge on any atom is -0.462 e. The largest absolute Gasteiger partial charge is 0.470 e. The number of benzene rings is 2. The van der Waals surface area contributed by atoms with E-state index in [2.05, 4.69) is 43.2 Å². The van der Waals surface area contributed by atoms with Gasteiger partial charge in [-0.3, -0.25) is 18.5 Å². The first-order valence-corrected chi connectivity index (χ1v) is 16.6. The smallest absolute Gasteiger partial charge is 0.462 e. The molecule has 5 N–H and O–H groups in total. The van der Waals surface area contributed by atoms with Gasteiger partial charge >= 0.3 is 19.5 Å². The summed E-state index contributed by atoms with van der Waals surface area (Å²) in [6.45, 7) is -0.543. The van der Waals surface area contributed by atoms with E-state index in [4.69, 9.17) is 19.7 Å². The number of ether oxygens (including phenoxy) is 2. The summed E-state index contributed by atoms with van der Waals surface area (Å²) in [5.41, 5.74) is 6.77. The number of phosphoric ester groups is 1. The molecule has 232 valence electrons. The summed E-state index contributed by atoms with van der Waals surface area (Å²) in [5.74, 6) is -0.431. The van der Waals surface area contributed by atoms with E-state index in [-0.39, 0.29) is 11.6 Å². The van der Waals surface area contributed by atoms with Crippen molar-refractivity contribution in [1.29, 1.82) is 0 Å². The second kappa shape index (κ2) is 12.3. The fourth-order valence-electron chi connectivity index (χ4n) is 5.13. The number of carbonyl (C=O) groups excluding carboxylic acids is 1. The summed E-state index contributed by atoms with van der Waals surface area (Å²) >= 11 is 4.53. The number of carbonyl (C=O) groups is 1. The minimum atomic E-state index is -5.11. The third kappa shape index (κ3) is 6.46. The lowest BCUT2D eigenvalue weighted by molar-refractivity contribution is -0.146. The van der Waals surface area contributed by atoms with E-state index in [1.165, 1.54) is 17.8 Å². The highest BCUT2D eigenvalue weighted by atomic mass is 79.9. The van der Waals surface area contributed by atoms with Gasteiger partial charge < -0.3 is 30.1 Å². The number of phosphoric acid groups is 1. The Morgan fingerprint density at radius 3 is 2.61 bits per heavy atom. The van der Waals surface area contributed by atoms with Gasteiger partial charge in [-0.2, -0.15) is 4.98 Å². The summed E-state index contributed by atoms with van der Waals surface area (Å²) < 4.78 is 30.4. The van der Waals surface area contributed by atoms with E-state index in [0.717, 1.165) is 45.6 Å². The van der Waals surface area contributed by atoms with Crippen LogP contribution in [0.1, 0.15) is 30.6 Å². The number of hydrogen-bond donors (Lipinski definition) is 4. The molecule has 18 heteroatoms. The summed E-state index contributed by atoms with van der Waals surface area (Å²) in [4.78, 5) is 47.4. The van der Waals surface area contributed by atoms with Crippen LogP contribution in [-0.4, -0.2) is 75.8 Å². The molecule has 2 aromatic carbocycles. The number of aromatic nitrogens is 5. The number of fused-ring (bicyclic) bond motifs is 1. The number of hydrogen-bond acceptors (Lipinski definition) is 12. The summed E-state index contributed by atoms with van der Waals surface area (Å²) in [6, 6.07) is 13.5. The highest BCUT2D eigenvalue weighted by Gasteiger charge is 2.49. The zero-order valence-corrected chi connectivity index (χ0v) is 26.0. The highest BCUT2D eigenvalue weighted by Crippen LogP contribution is 2.45. The second-order valence-corrected chi connectivity index (χ2v) is 13.1. The molecule has 44 heavy (non-hydrogen) atoms. The maximum atomic E-state index is 12.8. The van der Waals surface area contributed by atoms with Crippen molar-refractivity contribution < 1.29 is 38.3 Å². The zero-order valence-electron chi connectivity index (χ0n) is 22.7. The Bertz CT molecular complexity index is 1830. The topological polar surface area (TPSA) is 214 Å². The van der Waals surface area contributed by atoms with Gasteiger partial charge in [0.15, 0.2) is 11.4 Å². The van der Waals surface area contributed by atoms with Crippen molar-refractivity contribution >= 4 is 58.1 Å². The molecule has 0 spiro atoms. The Morgan fingerprint density at radius 1 is 1.16 bits per heavy atom. The maximum absolute atomic E-state index is 12.8. The SMILES string of the molecule is Nc1ccn(C2OC(COC(=O)CSc3nnc(Br)n3-c3ccc(C4CC4)c4ccccc34)C(OP(=O)(O)O)C2O)c(=O)n1. The van der Waals surface area contributed by atoms with Crippen LogP contribution in [-0.2, 0) is 23.4 Å². The monoisotopic (exact) mass is 708 g/mol. The Kier molecular flexibility index (Phi) is 8.65. The third-order valence-corrected chi connectivity index (χ3v) is 9.14. The molecule has 2 aromatic heterocycles. The van der Waals surface area contributed by atoms with Crippen LogP contribution in [0, 0.1) is 0 Å². The molecule has 1 saturated carbocycles. The molecule has 1 saturated heterocycles. The first-order valence-electron chi connectivity index (χ1n) is 13.3. The molecule has 4 unspecified atom stereocenters. The zero-order chi connectivity index (χ0) is 31.2. The van der Waals surface area contributed by atoms with Crippen LogP contribution in [0.4, 0.5) is 5.82 Å². The van der Waals surface area contributed by atoms with Gasteiger partial charge in [0.05, 0.1) is 11.4 Å². The molecule has 0 radical (unpaired) electrons. The molecule has 1 aliphatic carbocycles. The van der Waals surface area contributed by atoms with Crippen LogP contribution in [0.5, 0.6) is 0 Å². The van der Waals surface area contributed by atoms with Gasteiger partial charge in [0.2, 0.25) is 4.73 Å². The van der Waals surface area contributed by atoms with Crippen molar-refractivity contribution in [2.24, 2.45) is 0 Å². The maximum Gasteiger partial charge on any atom is 0.470 e. The lowest BCUT2D eigenvalue weighted by Gasteiger charge is -2.20. The average molecular weight is 709 g/mol. The second-order valence-electron chi connectivity index (χ2n) is 10.2. The van der Waals surface area contributed by atoms with Crippen LogP contribution in [0.2, 0.25) is 0 Å². The number of anilines is 1. The fraction of sp³-hybridized carbons (Fsp3) is 0.346. The first-order chi connectivity index (χ1) is 21.0. The number of halogens is 1. The number of nitrogens with zero attached hydrogens (tertiary/aromatic N) is 5. The lowest BCUT2D eigenvalue weighted by atomic mass is 9.99. The van der Waals surface area contributed by atoms with Gasteiger partial charge in [-0.15, -0.1) is 10.2 Å². The molecule has 15 nitrogen and oxygen atoms in total. The number of esters is 1. The Morgan fingerprint density at radius 2 is 1.91 bits per heavy atom. The molecule has 0 amide bonds. The van der Waals surface area contributed by atoms with E-state index < -0.39 is 50.6 Å². The summed E-state index contributed by atoms with van der Waals surface area (Å²) in [7, 11) is -5.11. The Labute approximate surface area is 261 Å². The van der Waals surface area contributed by atoms with Crippen LogP contribution in [0.25, 0.3) is 16.5 Å². The average Bonchev–Trinajstić information content (AvgIpc) is 3.70. The molecule has 0 bridgehead atoms. The van der Waals surface area contributed by atoms with Crippen molar-refractivity contribution in [2.75, 3.05) is 18.1 Å². The first kappa shape index (κ1) is 30.9. The van der Waals surface area contributed by atoms with Crippen LogP contribution < -0.4 is 11.4 Å². The summed E-state index contributed by atoms with van der Waals surface area (Å²) in [5, 5.41) is 21.7. The summed E-state index contributed by atoms with van der Waals surface area (Å²) in [6.07, 6.45) is -2.61.